The molecule has 0 aliphatic heterocycles. The average molecular weight is 325 g/mol. The van der Waals surface area contributed by atoms with E-state index in [4.69, 9.17) is 16.7 Å². The Bertz CT molecular complexity index is 712. The van der Waals surface area contributed by atoms with E-state index >= 15 is 0 Å². The molecular weight excluding hydrogens is 312 g/mol. The van der Waals surface area contributed by atoms with Gasteiger partial charge >= 0.3 is 12.0 Å². The molecule has 5 nitrogen and oxygen atoms in total. The van der Waals surface area contributed by atoms with Crippen molar-refractivity contribution in [2.24, 2.45) is 0 Å². The van der Waals surface area contributed by atoms with Gasteiger partial charge in [0.05, 0.1) is 5.56 Å². The van der Waals surface area contributed by atoms with Crippen LogP contribution in [0, 0.1) is 13.8 Å². The molecule has 0 saturated heterocycles. The first-order chi connectivity index (χ1) is 9.86. The van der Waals surface area contributed by atoms with Gasteiger partial charge in [-0.1, -0.05) is 17.7 Å². The number of carboxylic acid groups (broad SMARTS) is 1. The topological polar surface area (TPSA) is 78.4 Å². The minimum absolute atomic E-state index is 0.0783. The standard InChI is InChI=1S/C14H13ClN2O3S/c1-7-3-4-9(6-11(7)15)16-14(20)17-12-10(13(18)19)5-8(2)21-12/h3-6H,1-2H3,(H,18,19)(H2,16,17,20). The van der Waals surface area contributed by atoms with Crippen LogP contribution in [-0.2, 0) is 0 Å². The first-order valence-electron chi connectivity index (χ1n) is 6.04. The average Bonchev–Trinajstić information content (AvgIpc) is 2.75. The van der Waals surface area contributed by atoms with Gasteiger partial charge in [-0.15, -0.1) is 11.3 Å². The maximum absolute atomic E-state index is 11.9. The number of carboxylic acids is 1. The van der Waals surface area contributed by atoms with Crippen molar-refractivity contribution >= 4 is 45.6 Å². The molecule has 2 rings (SSSR count). The smallest absolute Gasteiger partial charge is 0.338 e. The summed E-state index contributed by atoms with van der Waals surface area (Å²) in [5, 5.41) is 15.1. The number of hydrogen-bond donors (Lipinski definition) is 3. The molecule has 1 aromatic carbocycles. The number of benzene rings is 1. The fourth-order valence-corrected chi connectivity index (χ4v) is 2.78. The number of aromatic carboxylic acids is 1. The first kappa shape index (κ1) is 15.3. The number of nitrogens with one attached hydrogen (secondary N) is 2. The molecule has 2 aromatic rings. The molecule has 110 valence electrons. The van der Waals surface area contributed by atoms with Crippen molar-refractivity contribution in [3.63, 3.8) is 0 Å². The van der Waals surface area contributed by atoms with Gasteiger partial charge in [0.15, 0.2) is 0 Å². The fraction of sp³-hybridized carbons (Fsp3) is 0.143. The second-order valence-electron chi connectivity index (χ2n) is 4.45. The van der Waals surface area contributed by atoms with E-state index in [2.05, 4.69) is 10.6 Å². The molecule has 0 spiro atoms. The van der Waals surface area contributed by atoms with Crippen LogP contribution < -0.4 is 10.6 Å². The lowest BCUT2D eigenvalue weighted by molar-refractivity contribution is 0.0698. The lowest BCUT2D eigenvalue weighted by Crippen LogP contribution is -2.20. The van der Waals surface area contributed by atoms with Crippen molar-refractivity contribution < 1.29 is 14.7 Å². The predicted molar refractivity (Wildman–Crippen MR) is 84.8 cm³/mol. The van der Waals surface area contributed by atoms with E-state index in [-0.39, 0.29) is 5.56 Å². The third-order valence-corrected chi connectivity index (χ3v) is 4.12. The van der Waals surface area contributed by atoms with Gasteiger partial charge in [-0.05, 0) is 37.6 Å². The maximum atomic E-state index is 11.9. The third-order valence-electron chi connectivity index (χ3n) is 2.74. The van der Waals surface area contributed by atoms with Crippen LogP contribution in [0.15, 0.2) is 24.3 Å². The van der Waals surface area contributed by atoms with E-state index in [1.807, 2.05) is 6.92 Å². The van der Waals surface area contributed by atoms with Crippen molar-refractivity contribution in [1.29, 1.82) is 0 Å². The van der Waals surface area contributed by atoms with Crippen molar-refractivity contribution in [1.82, 2.24) is 0 Å². The Kier molecular flexibility index (Phi) is 4.50. The quantitative estimate of drug-likeness (QED) is 0.784. The Hall–Kier alpha value is -2.05. The highest BCUT2D eigenvalue weighted by Gasteiger charge is 2.16. The SMILES string of the molecule is Cc1cc(C(=O)O)c(NC(=O)Nc2ccc(C)c(Cl)c2)s1. The third kappa shape index (κ3) is 3.74. The zero-order chi connectivity index (χ0) is 15.6. The van der Waals surface area contributed by atoms with E-state index in [0.717, 1.165) is 10.4 Å². The molecule has 2 amide bonds. The summed E-state index contributed by atoms with van der Waals surface area (Å²) >= 11 is 7.19. The Morgan fingerprint density at radius 2 is 1.90 bits per heavy atom. The Balaban J connectivity index is 2.11. The number of hydrogen-bond acceptors (Lipinski definition) is 3. The fourth-order valence-electron chi connectivity index (χ4n) is 1.70. The van der Waals surface area contributed by atoms with Crippen molar-refractivity contribution in [3.05, 3.63) is 45.3 Å². The Morgan fingerprint density at radius 3 is 2.52 bits per heavy atom. The van der Waals surface area contributed by atoms with E-state index in [1.54, 1.807) is 25.1 Å². The second kappa shape index (κ2) is 6.15. The minimum atomic E-state index is -1.08. The molecule has 7 heteroatoms. The monoisotopic (exact) mass is 324 g/mol. The molecule has 0 bridgehead atoms. The highest BCUT2D eigenvalue weighted by atomic mass is 35.5. The van der Waals surface area contributed by atoms with Crippen LogP contribution >= 0.6 is 22.9 Å². The molecule has 0 unspecified atom stereocenters. The summed E-state index contributed by atoms with van der Waals surface area (Å²) in [6, 6.07) is 6.15. The summed E-state index contributed by atoms with van der Waals surface area (Å²) in [4.78, 5) is 23.8. The van der Waals surface area contributed by atoms with Crippen LogP contribution in [0.4, 0.5) is 15.5 Å². The van der Waals surface area contributed by atoms with Gasteiger partial charge in [-0.2, -0.15) is 0 Å². The molecule has 0 aliphatic rings. The highest BCUT2D eigenvalue weighted by Crippen LogP contribution is 2.28. The number of aryl methyl sites for hydroxylation is 2. The van der Waals surface area contributed by atoms with E-state index in [9.17, 15) is 9.59 Å². The van der Waals surface area contributed by atoms with Gasteiger partial charge in [0.1, 0.15) is 5.00 Å². The molecule has 1 heterocycles. The minimum Gasteiger partial charge on any atom is -0.478 e. The zero-order valence-electron chi connectivity index (χ0n) is 11.4. The zero-order valence-corrected chi connectivity index (χ0v) is 12.9. The number of anilines is 2. The largest absolute Gasteiger partial charge is 0.478 e. The molecule has 1 aromatic heterocycles. The van der Waals surface area contributed by atoms with Crippen LogP contribution in [0.5, 0.6) is 0 Å². The van der Waals surface area contributed by atoms with Gasteiger partial charge < -0.3 is 10.4 Å². The lowest BCUT2D eigenvalue weighted by Gasteiger charge is -2.08. The lowest BCUT2D eigenvalue weighted by atomic mass is 10.2. The number of urea groups is 1. The molecule has 0 saturated carbocycles. The van der Waals surface area contributed by atoms with Gasteiger partial charge in [-0.25, -0.2) is 9.59 Å². The Labute approximate surface area is 130 Å². The molecular formula is C14H13ClN2O3S. The molecule has 0 aliphatic carbocycles. The van der Waals surface area contributed by atoms with Gasteiger partial charge in [-0.3, -0.25) is 5.32 Å². The van der Waals surface area contributed by atoms with Gasteiger partial charge in [0.25, 0.3) is 0 Å². The summed E-state index contributed by atoms with van der Waals surface area (Å²) in [6.45, 7) is 3.64. The number of amides is 2. The predicted octanol–water partition coefficient (Wildman–Crippen LogP) is 4.36. The van der Waals surface area contributed by atoms with E-state index < -0.39 is 12.0 Å². The van der Waals surface area contributed by atoms with Crippen LogP contribution in [0.3, 0.4) is 0 Å². The summed E-state index contributed by atoms with van der Waals surface area (Å²) in [7, 11) is 0. The number of halogens is 1. The number of carbonyl (C=O) groups is 2. The highest BCUT2D eigenvalue weighted by molar-refractivity contribution is 7.16. The number of thiophene rings is 1. The number of carbonyl (C=O) groups excluding carboxylic acids is 1. The van der Waals surface area contributed by atoms with Crippen LogP contribution in [0.1, 0.15) is 20.8 Å². The molecule has 0 atom stereocenters. The summed E-state index contributed by atoms with van der Waals surface area (Å²) in [5.74, 6) is -1.08. The molecule has 0 fully saturated rings. The van der Waals surface area contributed by atoms with E-state index in [0.29, 0.717) is 15.7 Å². The van der Waals surface area contributed by atoms with Gasteiger partial charge in [0, 0.05) is 15.6 Å². The van der Waals surface area contributed by atoms with Crippen molar-refractivity contribution in [2.75, 3.05) is 10.6 Å². The van der Waals surface area contributed by atoms with Crippen LogP contribution in [0.2, 0.25) is 5.02 Å². The number of rotatable bonds is 3. The first-order valence-corrected chi connectivity index (χ1v) is 7.24. The van der Waals surface area contributed by atoms with Crippen molar-refractivity contribution in [3.8, 4) is 0 Å². The molecule has 21 heavy (non-hydrogen) atoms. The summed E-state index contributed by atoms with van der Waals surface area (Å²) < 4.78 is 0. The molecule has 0 radical (unpaired) electrons. The normalized spacial score (nSPS) is 10.2. The van der Waals surface area contributed by atoms with Crippen molar-refractivity contribution in [2.45, 2.75) is 13.8 Å². The maximum Gasteiger partial charge on any atom is 0.338 e. The van der Waals surface area contributed by atoms with Gasteiger partial charge in [0.2, 0.25) is 0 Å². The summed E-state index contributed by atoms with van der Waals surface area (Å²) in [5.41, 5.74) is 1.52. The summed E-state index contributed by atoms with van der Waals surface area (Å²) in [6.07, 6.45) is 0. The van der Waals surface area contributed by atoms with E-state index in [1.165, 1.54) is 17.4 Å². The van der Waals surface area contributed by atoms with Crippen LogP contribution in [0.25, 0.3) is 0 Å². The van der Waals surface area contributed by atoms with Crippen LogP contribution in [-0.4, -0.2) is 17.1 Å². The Morgan fingerprint density at radius 1 is 1.19 bits per heavy atom. The second-order valence-corrected chi connectivity index (χ2v) is 6.11. The molecule has 3 N–H and O–H groups in total.